The van der Waals surface area contributed by atoms with Crippen LogP contribution in [0.5, 0.6) is 11.5 Å². The molecule has 3 rings (SSSR count). The van der Waals surface area contributed by atoms with Gasteiger partial charge in [-0.2, -0.15) is 0 Å². The number of carbonyl (C=O) groups excluding carboxylic acids is 1. The van der Waals surface area contributed by atoms with Crippen LogP contribution in [0.3, 0.4) is 0 Å². The van der Waals surface area contributed by atoms with Crippen LogP contribution in [0.2, 0.25) is 5.02 Å². The van der Waals surface area contributed by atoms with Crippen molar-refractivity contribution >= 4 is 28.5 Å². The average Bonchev–Trinajstić information content (AvgIpc) is 2.68. The quantitative estimate of drug-likeness (QED) is 0.604. The van der Waals surface area contributed by atoms with Gasteiger partial charge in [0.25, 0.3) is 0 Å². The molecule has 0 unspecified atom stereocenters. The lowest BCUT2D eigenvalue weighted by Crippen LogP contribution is -2.15. The van der Waals surface area contributed by atoms with Gasteiger partial charge in [-0.1, -0.05) is 29.8 Å². The molecule has 5 nitrogen and oxygen atoms in total. The van der Waals surface area contributed by atoms with Crippen molar-refractivity contribution in [2.45, 2.75) is 13.5 Å². The Morgan fingerprint density at radius 1 is 1.08 bits per heavy atom. The summed E-state index contributed by atoms with van der Waals surface area (Å²) in [4.78, 5) is 16.4. The van der Waals surface area contributed by atoms with Crippen molar-refractivity contribution < 1.29 is 19.0 Å². The molecule has 0 spiro atoms. The second kappa shape index (κ2) is 8.06. The van der Waals surface area contributed by atoms with Gasteiger partial charge in [0.2, 0.25) is 0 Å². The van der Waals surface area contributed by atoms with E-state index >= 15 is 0 Å². The van der Waals surface area contributed by atoms with E-state index in [2.05, 4.69) is 4.98 Å². The molecule has 0 saturated carbocycles. The topological polar surface area (TPSA) is 57.7 Å². The third-order valence-corrected chi connectivity index (χ3v) is 4.43. The van der Waals surface area contributed by atoms with Crippen LogP contribution in [-0.2, 0) is 16.1 Å². The minimum Gasteiger partial charge on any atom is -0.497 e. The summed E-state index contributed by atoms with van der Waals surface area (Å²) in [5.41, 5.74) is 2.26. The van der Waals surface area contributed by atoms with E-state index in [1.54, 1.807) is 31.4 Å². The fourth-order valence-electron chi connectivity index (χ4n) is 2.52. The summed E-state index contributed by atoms with van der Waals surface area (Å²) in [5, 5.41) is 1.49. The van der Waals surface area contributed by atoms with Gasteiger partial charge < -0.3 is 14.2 Å². The van der Waals surface area contributed by atoms with Gasteiger partial charge in [0.1, 0.15) is 18.1 Å². The summed E-state index contributed by atoms with van der Waals surface area (Å²) in [6.07, 6.45) is 0. The molecule has 0 saturated heterocycles. The van der Waals surface area contributed by atoms with Gasteiger partial charge in [0, 0.05) is 5.39 Å². The Hall–Kier alpha value is -2.79. The lowest BCUT2D eigenvalue weighted by atomic mass is 10.1. The molecule has 0 aliphatic heterocycles. The number of pyridine rings is 1. The molecule has 0 aliphatic carbocycles. The van der Waals surface area contributed by atoms with Crippen LogP contribution < -0.4 is 9.47 Å². The van der Waals surface area contributed by atoms with Gasteiger partial charge in [0.05, 0.1) is 23.3 Å². The van der Waals surface area contributed by atoms with Crippen LogP contribution >= 0.6 is 11.6 Å². The lowest BCUT2D eigenvalue weighted by molar-refractivity contribution is -0.147. The fraction of sp³-hybridized carbons (Fsp3) is 0.200. The third-order valence-electron chi connectivity index (χ3n) is 3.93. The number of halogens is 1. The van der Waals surface area contributed by atoms with Crippen molar-refractivity contribution in [2.75, 3.05) is 13.7 Å². The van der Waals surface area contributed by atoms with Crippen LogP contribution in [-0.4, -0.2) is 24.7 Å². The van der Waals surface area contributed by atoms with E-state index in [4.69, 9.17) is 25.8 Å². The zero-order valence-electron chi connectivity index (χ0n) is 14.5. The minimum atomic E-state index is -0.496. The van der Waals surface area contributed by atoms with Crippen molar-refractivity contribution in [1.82, 2.24) is 4.98 Å². The predicted octanol–water partition coefficient (Wildman–Crippen LogP) is 4.33. The maximum absolute atomic E-state index is 11.9. The first-order valence-electron chi connectivity index (χ1n) is 8.04. The van der Waals surface area contributed by atoms with Crippen molar-refractivity contribution in [3.05, 3.63) is 64.8 Å². The van der Waals surface area contributed by atoms with Gasteiger partial charge in [-0.3, -0.25) is 0 Å². The van der Waals surface area contributed by atoms with Gasteiger partial charge in [-0.05, 0) is 42.8 Å². The van der Waals surface area contributed by atoms with E-state index in [1.807, 2.05) is 31.2 Å². The van der Waals surface area contributed by atoms with Gasteiger partial charge >= 0.3 is 5.97 Å². The van der Waals surface area contributed by atoms with E-state index in [0.717, 1.165) is 16.5 Å². The summed E-state index contributed by atoms with van der Waals surface area (Å²) in [7, 11) is 1.58. The molecule has 1 aromatic heterocycles. The Kier molecular flexibility index (Phi) is 5.58. The first-order chi connectivity index (χ1) is 12.6. The SMILES string of the molecule is COc1ccc(OCC(=O)OCc2nc3ccccc3c(C)c2Cl)cc1. The highest BCUT2D eigenvalue weighted by atomic mass is 35.5. The number of ether oxygens (including phenoxy) is 3. The molecule has 0 amide bonds. The van der Waals surface area contributed by atoms with Crippen LogP contribution in [0.25, 0.3) is 10.9 Å². The summed E-state index contributed by atoms with van der Waals surface area (Å²) < 4.78 is 15.7. The number of hydrogen-bond acceptors (Lipinski definition) is 5. The number of rotatable bonds is 6. The summed E-state index contributed by atoms with van der Waals surface area (Å²) in [6, 6.07) is 14.6. The summed E-state index contributed by atoms with van der Waals surface area (Å²) >= 11 is 6.36. The van der Waals surface area contributed by atoms with E-state index in [1.165, 1.54) is 0 Å². The normalized spacial score (nSPS) is 10.6. The number of methoxy groups -OCH3 is 1. The van der Waals surface area contributed by atoms with E-state index in [9.17, 15) is 4.79 Å². The Morgan fingerprint density at radius 2 is 1.77 bits per heavy atom. The molecule has 134 valence electrons. The smallest absolute Gasteiger partial charge is 0.344 e. The molecule has 0 N–H and O–H groups in total. The number of hydrogen-bond donors (Lipinski definition) is 0. The van der Waals surface area contributed by atoms with E-state index in [0.29, 0.717) is 22.2 Å². The lowest BCUT2D eigenvalue weighted by Gasteiger charge is -2.11. The molecule has 3 aromatic rings. The number of benzene rings is 2. The molecule has 0 fully saturated rings. The number of nitrogens with zero attached hydrogens (tertiary/aromatic N) is 1. The summed E-state index contributed by atoms with van der Waals surface area (Å²) in [5.74, 6) is 0.775. The van der Waals surface area contributed by atoms with E-state index in [-0.39, 0.29) is 13.2 Å². The monoisotopic (exact) mass is 371 g/mol. The minimum absolute atomic E-state index is 0.00465. The van der Waals surface area contributed by atoms with Crippen LogP contribution in [0.1, 0.15) is 11.3 Å². The second-order valence-electron chi connectivity index (χ2n) is 5.64. The molecular weight excluding hydrogens is 354 g/mol. The largest absolute Gasteiger partial charge is 0.497 e. The van der Waals surface area contributed by atoms with Crippen LogP contribution in [0.4, 0.5) is 0 Å². The Bertz CT molecular complexity index is 925. The standard InChI is InChI=1S/C20H18ClNO4/c1-13-16-5-3-4-6-17(16)22-18(20(13)21)11-26-19(23)12-25-15-9-7-14(24-2)8-10-15/h3-10H,11-12H2,1-2H3. The Morgan fingerprint density at radius 3 is 2.50 bits per heavy atom. The first-order valence-corrected chi connectivity index (χ1v) is 8.42. The number of para-hydroxylation sites is 1. The zero-order valence-corrected chi connectivity index (χ0v) is 15.2. The number of esters is 1. The highest BCUT2D eigenvalue weighted by Gasteiger charge is 2.13. The highest BCUT2D eigenvalue weighted by Crippen LogP contribution is 2.27. The molecule has 0 atom stereocenters. The first kappa shape index (κ1) is 18.0. The number of fused-ring (bicyclic) bond motifs is 1. The summed E-state index contributed by atoms with van der Waals surface area (Å²) in [6.45, 7) is 1.72. The predicted molar refractivity (Wildman–Crippen MR) is 99.8 cm³/mol. The maximum atomic E-state index is 11.9. The van der Waals surface area contributed by atoms with Crippen LogP contribution in [0.15, 0.2) is 48.5 Å². The Balaban J connectivity index is 1.60. The average molecular weight is 372 g/mol. The van der Waals surface area contributed by atoms with Gasteiger partial charge in [-0.15, -0.1) is 0 Å². The molecular formula is C20H18ClNO4. The number of carbonyl (C=O) groups is 1. The van der Waals surface area contributed by atoms with Gasteiger partial charge in [-0.25, -0.2) is 9.78 Å². The molecule has 0 bridgehead atoms. The third kappa shape index (κ3) is 4.06. The number of aryl methyl sites for hydroxylation is 1. The van der Waals surface area contributed by atoms with Crippen molar-refractivity contribution in [3.8, 4) is 11.5 Å². The fourth-order valence-corrected chi connectivity index (χ4v) is 2.72. The van der Waals surface area contributed by atoms with Crippen molar-refractivity contribution in [2.24, 2.45) is 0 Å². The molecule has 0 radical (unpaired) electrons. The molecule has 1 heterocycles. The number of aromatic nitrogens is 1. The molecule has 26 heavy (non-hydrogen) atoms. The maximum Gasteiger partial charge on any atom is 0.344 e. The zero-order chi connectivity index (χ0) is 18.5. The van der Waals surface area contributed by atoms with Crippen LogP contribution in [0, 0.1) is 6.92 Å². The van der Waals surface area contributed by atoms with Gasteiger partial charge in [0.15, 0.2) is 6.61 Å². The molecule has 0 aliphatic rings. The van der Waals surface area contributed by atoms with Crippen molar-refractivity contribution in [3.63, 3.8) is 0 Å². The van der Waals surface area contributed by atoms with Crippen molar-refractivity contribution in [1.29, 1.82) is 0 Å². The molecule has 2 aromatic carbocycles. The Labute approximate surface area is 156 Å². The second-order valence-corrected chi connectivity index (χ2v) is 6.02. The van der Waals surface area contributed by atoms with E-state index < -0.39 is 5.97 Å². The highest BCUT2D eigenvalue weighted by molar-refractivity contribution is 6.32. The molecule has 6 heteroatoms.